The fraction of sp³-hybridized carbons (Fsp3) is 0.0482. The predicted molar refractivity (Wildman–Crippen MR) is 487 cm³/mol. The van der Waals surface area contributed by atoms with Crippen molar-refractivity contribution in [1.82, 2.24) is 34.9 Å². The molecule has 0 unspecified atom stereocenters. The van der Waals surface area contributed by atoms with E-state index in [1.807, 2.05) is 6.07 Å². The first kappa shape index (κ1) is 124. The molecule has 0 spiro atoms. The minimum Gasteiger partial charge on any atom is -0.844 e. The van der Waals surface area contributed by atoms with Crippen molar-refractivity contribution in [2.75, 3.05) is 37.2 Å². The van der Waals surface area contributed by atoms with E-state index in [0.717, 1.165) is 91.1 Å². The number of anilines is 13. The van der Waals surface area contributed by atoms with Crippen molar-refractivity contribution in [3.05, 3.63) is 240 Å². The number of ether oxygens (including phenoxy) is 1. The van der Waals surface area contributed by atoms with Gasteiger partial charge < -0.3 is 74.4 Å². The maximum Gasteiger partial charge on any atom is 1.00 e. The second-order valence-corrected chi connectivity index (χ2v) is 38.5. The van der Waals surface area contributed by atoms with Crippen molar-refractivity contribution in [1.29, 1.82) is 10.7 Å². The van der Waals surface area contributed by atoms with Crippen LogP contribution in [0, 0.1) is 49.3 Å². The van der Waals surface area contributed by atoms with Crippen molar-refractivity contribution in [3.8, 4) is 34.6 Å². The van der Waals surface area contributed by atoms with Crippen LogP contribution in [0.3, 0.4) is 0 Å². The van der Waals surface area contributed by atoms with Gasteiger partial charge in [-0.3, -0.25) is 10.2 Å². The van der Waals surface area contributed by atoms with Crippen LogP contribution in [0.5, 0.6) is 6.01 Å². The first-order valence-corrected chi connectivity index (χ1v) is 48.4. The molecule has 1 amide bonds. The van der Waals surface area contributed by atoms with E-state index in [-0.39, 0.29) is 310 Å². The second-order valence-electron chi connectivity index (χ2n) is 28.4. The number of hydrogen-bond donors (Lipinski definition) is 8. The molecule has 15 rings (SSSR count). The molecule has 15 aromatic rings. The van der Waals surface area contributed by atoms with E-state index in [0.29, 0.717) is 34.7 Å². The summed E-state index contributed by atoms with van der Waals surface area (Å²) in [6, 6.07) is 48.0. The van der Waals surface area contributed by atoms with Crippen LogP contribution in [0.2, 0.25) is 0 Å². The second kappa shape index (κ2) is 51.8. The van der Waals surface area contributed by atoms with Crippen molar-refractivity contribution in [2.45, 2.75) is 56.8 Å². The van der Waals surface area contributed by atoms with Gasteiger partial charge in [0.15, 0.2) is 33.9 Å². The molecule has 10 aromatic carbocycles. The van der Waals surface area contributed by atoms with Gasteiger partial charge in [0.05, 0.1) is 58.9 Å². The van der Waals surface area contributed by atoms with Crippen molar-refractivity contribution >= 4 is 241 Å². The van der Waals surface area contributed by atoms with E-state index in [1.165, 1.54) is 79.7 Å². The smallest absolute Gasteiger partial charge is 0.844 e. The number of nitriles is 1. The van der Waals surface area contributed by atoms with Gasteiger partial charge in [-0.05, 0) is 146 Å². The number of benzene rings is 10. The van der Waals surface area contributed by atoms with Crippen LogP contribution < -0.4 is 212 Å². The van der Waals surface area contributed by atoms with E-state index < -0.39 is 142 Å². The van der Waals surface area contributed by atoms with Gasteiger partial charge in [-0.1, -0.05) is 58.3 Å². The SMILES string of the molecule is [C-]#[N+]c1c(Nc2cc[c-]cc2)nc(Nc2cc[c-]cc2)c(N=Nc2nc(-c3ccc(Nc4nc([O-])nc(Nc5ccc(-c6nc(N=Nc7c(Nc8ccc(S(=O)(=O)[O-])cc8)nc(Nc8ccc(S(=O)(=O)[O-])cc8)c(C#N)c7C)sc6N=Nc6cc(S(=O)(=O)[O-])c7cc(COC=N)cc(S(=O)(=O)[O-])c7c6)cc5)n4)cc3)c(N=Nc3cc(S(=O)(=O)[O-])c4cc(NC(C)=O)cc(S(=O)(=O)[O-])c4c3)s2)c1C.[Li+].[Li+].[Li+].[Li+].[Li+].[Li+].[Li+].[Li+].[Li+]. The number of amides is 1. The van der Waals surface area contributed by atoms with Gasteiger partial charge in [0.2, 0.25) is 33.8 Å². The van der Waals surface area contributed by atoms with E-state index in [2.05, 4.69) is 120 Å². The van der Waals surface area contributed by atoms with Crippen LogP contribution in [0.25, 0.3) is 48.9 Å². The number of nitrogens with zero attached hydrogens (tertiary/aromatic N) is 17. The van der Waals surface area contributed by atoms with Crippen LogP contribution in [-0.2, 0) is 76.8 Å². The Morgan fingerprint density at radius 3 is 1.19 bits per heavy atom. The number of pyridine rings is 2. The summed E-state index contributed by atoms with van der Waals surface area (Å²) in [6.07, 6.45) is 0.488. The Morgan fingerprint density at radius 2 is 0.795 bits per heavy atom. The third-order valence-electron chi connectivity index (χ3n) is 19.2. The molecule has 0 atom stereocenters. The van der Waals surface area contributed by atoms with Gasteiger partial charge in [-0.25, -0.2) is 85.3 Å². The molecule has 0 saturated carbocycles. The van der Waals surface area contributed by atoms with E-state index >= 15 is 0 Å². The molecule has 0 aliphatic rings. The fourth-order valence-corrected chi connectivity index (χ4v) is 18.4. The number of aromatic nitrogens is 7. The minimum atomic E-state index is -5.55. The van der Waals surface area contributed by atoms with Gasteiger partial charge in [0, 0.05) is 73.6 Å². The Labute approximate surface area is 947 Å². The summed E-state index contributed by atoms with van der Waals surface area (Å²) >= 11 is 1.41. The predicted octanol–water partition coefficient (Wildman–Crippen LogP) is -10.4. The van der Waals surface area contributed by atoms with Crippen LogP contribution in [-0.4, -0.2) is 125 Å². The molecule has 0 bridgehead atoms. The van der Waals surface area contributed by atoms with Crippen molar-refractivity contribution in [3.63, 3.8) is 0 Å². The number of carbonyl (C=O) groups excluding carboxylic acids is 1. The summed E-state index contributed by atoms with van der Waals surface area (Å²) in [5, 5.41) is 83.6. The Hall–Kier alpha value is -11.0. The molecule has 8 N–H and O–H groups in total. The topological polar surface area (TPSA) is 718 Å². The number of carbonyl (C=O) groups is 1. The number of fused-ring (bicyclic) bond motifs is 2. The van der Waals surface area contributed by atoms with Gasteiger partial charge in [-0.15, -0.1) is 65.2 Å². The first-order valence-electron chi connectivity index (χ1n) is 38.3. The molecule has 0 saturated heterocycles. The zero-order valence-electron chi connectivity index (χ0n) is 78.2. The zero-order chi connectivity index (χ0) is 97.8. The molecule has 0 aliphatic carbocycles. The van der Waals surface area contributed by atoms with Crippen molar-refractivity contribution < 1.29 is 262 Å². The Morgan fingerprint density at radius 1 is 0.432 bits per heavy atom. The molecule has 63 heteroatoms. The van der Waals surface area contributed by atoms with Crippen LogP contribution in [0.15, 0.2) is 264 Å². The Kier molecular flexibility index (Phi) is 43.9. The normalized spacial score (nSPS) is 11.4. The third-order valence-corrected chi connectivity index (χ3v) is 26.0. The Bertz CT molecular complexity index is 8450. The molecule has 0 radical (unpaired) electrons. The van der Waals surface area contributed by atoms with Gasteiger partial charge in [0.1, 0.15) is 102 Å². The molecule has 5 aromatic heterocycles. The largest absolute Gasteiger partial charge is 1.00 e. The van der Waals surface area contributed by atoms with Crippen LogP contribution in [0.4, 0.5) is 124 Å². The Balaban J connectivity index is 0.00000362. The van der Waals surface area contributed by atoms with E-state index in [4.69, 9.17) is 26.7 Å². The molecular weight excluding hydrogens is 2000 g/mol. The van der Waals surface area contributed by atoms with Crippen molar-refractivity contribution in [2.24, 2.45) is 40.9 Å². The molecule has 5 heterocycles. The third kappa shape index (κ3) is 30.2. The standard InChI is InChI=1S/C83H59N25O21S8.9Li/c1-42-63(39-84)73(88-50-23-27-57(28-24-50)132(111,112)113)96-75(91-51-25-29-58(30-26-51)133(114,115)116)69(42)103-107-82-94-71(77(130-82)105-101-55-34-61-59(66(37-55)136(123,124)125)31-45(40-129-41-85)32-64(61)134(117,118)119)46-15-19-52(20-16-46)92-79-98-80(100-81(110)99-79)93-53-21-17-47(18-22-53)72-78(106-102-56-35-62-60(67(38-56)137(126,127)128)33-54(87-44(3)109)36-65(62)135(120,121)122)131-83(95-72)108-104-70-43(2)68(86-4)74(89-48-11-7-5-8-12-48)97-76(70)90-49-13-9-6-10-14-49;;;;;;;;;/h7-38,41,85H,40H2,1-3H3,(H,87,109)(H2,88,91,96)(H2,89,90,97)(H,111,112,113)(H,114,115,116)(H,117,118,119)(H,120,121,122)(H,123,124,125)(H,126,127,128)(H3,92,93,98,99,100,110);;;;;;;;;/q-2;9*+1/p-7. The quantitative estimate of drug-likeness (QED) is 0.00485. The number of thiazole rings is 2. The number of rotatable bonds is 32. The molecule has 146 heavy (non-hydrogen) atoms. The van der Waals surface area contributed by atoms with Crippen LogP contribution >= 0.6 is 22.7 Å². The van der Waals surface area contributed by atoms with Gasteiger partial charge >= 0.3 is 170 Å². The molecular formula is C83H52Li9N25O21S8. The summed E-state index contributed by atoms with van der Waals surface area (Å²) in [6.45, 7) is 11.8. The van der Waals surface area contributed by atoms with E-state index in [1.54, 1.807) is 55.5 Å². The summed E-state index contributed by atoms with van der Waals surface area (Å²) in [5.74, 6) is -1.49. The zero-order valence-corrected chi connectivity index (χ0v) is 84.7. The van der Waals surface area contributed by atoms with Gasteiger partial charge in [-0.2, -0.15) is 46.6 Å². The number of nitrogens with one attached hydrogen (secondary N) is 8. The van der Waals surface area contributed by atoms with Crippen LogP contribution in [0.1, 0.15) is 29.2 Å². The summed E-state index contributed by atoms with van der Waals surface area (Å²) in [5.41, 5.74) is 0.829. The maximum absolute atomic E-state index is 13.4. The van der Waals surface area contributed by atoms with Gasteiger partial charge in [0.25, 0.3) is 0 Å². The molecule has 0 fully saturated rings. The first-order chi connectivity index (χ1) is 65.0. The monoisotopic (exact) mass is 2050 g/mol. The molecule has 46 nitrogen and oxygen atoms in total. The number of azo groups is 4. The molecule has 0 aliphatic heterocycles. The average Bonchev–Trinajstić information content (AvgIpc) is 0.909. The summed E-state index contributed by atoms with van der Waals surface area (Å²) in [4.78, 5) is 41.5. The summed E-state index contributed by atoms with van der Waals surface area (Å²) < 4.78 is 231. The average molecular weight is 2050 g/mol. The van der Waals surface area contributed by atoms with E-state index in [9.17, 15) is 93.0 Å². The minimum absolute atomic E-state index is 0. The number of hydrogen-bond acceptors (Lipinski definition) is 46. The summed E-state index contributed by atoms with van der Waals surface area (Å²) in [7, 11) is -31.9. The fourth-order valence-electron chi connectivity index (χ4n) is 13.1. The maximum atomic E-state index is 13.4. The molecule has 692 valence electrons.